The number of Topliss-reactive ketones (excluding diaryl/α,β-unsaturated/α-hetero) is 1. The van der Waals surface area contributed by atoms with E-state index >= 15 is 0 Å². The monoisotopic (exact) mass is 513 g/mol. The zero-order valence-corrected chi connectivity index (χ0v) is 21.7. The molecule has 0 bridgehead atoms. The molecule has 0 fully saturated rings. The van der Waals surface area contributed by atoms with Crippen LogP contribution in [0.15, 0.2) is 53.5 Å². The molecule has 2 unspecified atom stereocenters. The topological polar surface area (TPSA) is 108 Å². The quantitative estimate of drug-likeness (QED) is 0.341. The lowest BCUT2D eigenvalue weighted by Gasteiger charge is -2.38. The van der Waals surface area contributed by atoms with Crippen molar-refractivity contribution in [3.8, 4) is 5.75 Å². The molecule has 1 heterocycles. The van der Waals surface area contributed by atoms with Crippen LogP contribution in [-0.4, -0.2) is 58.7 Å². The molecule has 0 radical (unpaired) electrons. The lowest BCUT2D eigenvalue weighted by atomic mass is 9.87. The number of rotatable bonds is 10. The summed E-state index contributed by atoms with van der Waals surface area (Å²) >= 11 is 6.14. The Labute approximate surface area is 216 Å². The molecule has 2 aromatic carbocycles. The molecule has 0 saturated heterocycles. The first kappa shape index (κ1) is 27.4. The summed E-state index contributed by atoms with van der Waals surface area (Å²) < 4.78 is 5.78. The minimum absolute atomic E-state index is 0.0608. The lowest BCUT2D eigenvalue weighted by molar-refractivity contribution is -0.141. The smallest absolute Gasteiger partial charge is 0.344 e. The predicted molar refractivity (Wildman–Crippen MR) is 139 cm³/mol. The zero-order chi connectivity index (χ0) is 26.5. The Balaban J connectivity index is 1.59. The molecule has 2 atom stereocenters. The van der Waals surface area contributed by atoms with Crippen LogP contribution in [0, 0.1) is 5.92 Å². The average Bonchev–Trinajstić information content (AvgIpc) is 2.78. The van der Waals surface area contributed by atoms with Gasteiger partial charge in [0.15, 0.2) is 5.78 Å². The van der Waals surface area contributed by atoms with E-state index in [4.69, 9.17) is 16.3 Å². The van der Waals surface area contributed by atoms with Gasteiger partial charge in [0.2, 0.25) is 0 Å². The maximum atomic E-state index is 12.7. The highest BCUT2D eigenvalue weighted by Gasteiger charge is 2.42. The van der Waals surface area contributed by atoms with Crippen molar-refractivity contribution in [1.29, 1.82) is 0 Å². The number of aliphatic carboxylic acids is 1. The van der Waals surface area contributed by atoms with Gasteiger partial charge in [-0.05, 0) is 82.6 Å². The number of halogens is 1. The van der Waals surface area contributed by atoms with Gasteiger partial charge in [-0.15, -0.1) is 0 Å². The molecular formula is C27H32ClN3O5. The highest BCUT2D eigenvalue weighted by molar-refractivity contribution is 6.30. The maximum absolute atomic E-state index is 12.7. The van der Waals surface area contributed by atoms with Gasteiger partial charge in [0.25, 0.3) is 0 Å². The molecule has 0 spiro atoms. The van der Waals surface area contributed by atoms with Crippen molar-refractivity contribution in [1.82, 2.24) is 10.2 Å². The van der Waals surface area contributed by atoms with E-state index in [2.05, 4.69) is 10.3 Å². The van der Waals surface area contributed by atoms with Gasteiger partial charge in [0.05, 0.1) is 12.6 Å². The summed E-state index contributed by atoms with van der Waals surface area (Å²) in [6.45, 7) is 8.31. The third kappa shape index (κ3) is 7.15. The Morgan fingerprint density at radius 1 is 1.17 bits per heavy atom. The van der Waals surface area contributed by atoms with E-state index in [-0.39, 0.29) is 30.2 Å². The molecule has 2 N–H and O–H groups in total. The second-order valence-corrected chi connectivity index (χ2v) is 10.2. The molecule has 0 aromatic heterocycles. The van der Waals surface area contributed by atoms with Crippen LogP contribution < -0.4 is 10.1 Å². The maximum Gasteiger partial charge on any atom is 0.344 e. The fourth-order valence-corrected chi connectivity index (χ4v) is 4.36. The van der Waals surface area contributed by atoms with Gasteiger partial charge in [-0.25, -0.2) is 9.79 Å². The summed E-state index contributed by atoms with van der Waals surface area (Å²) in [4.78, 5) is 42.7. The average molecular weight is 514 g/mol. The second-order valence-electron chi connectivity index (χ2n) is 9.74. The van der Waals surface area contributed by atoms with E-state index in [1.54, 1.807) is 55.5 Å². The van der Waals surface area contributed by atoms with Crippen molar-refractivity contribution >= 4 is 35.1 Å². The summed E-state index contributed by atoms with van der Waals surface area (Å²) in [5, 5.41) is 13.4. The summed E-state index contributed by atoms with van der Waals surface area (Å²) in [7, 11) is 0. The number of ketones is 1. The van der Waals surface area contributed by atoms with Crippen LogP contribution in [0.2, 0.25) is 5.02 Å². The number of carbonyl (C=O) groups excluding carboxylic acids is 2. The van der Waals surface area contributed by atoms with Crippen LogP contribution >= 0.6 is 11.6 Å². The molecule has 2 aromatic rings. The molecule has 0 aliphatic carbocycles. The van der Waals surface area contributed by atoms with E-state index in [0.29, 0.717) is 34.9 Å². The number of nitrogens with zero attached hydrogens (tertiary/aromatic N) is 2. The van der Waals surface area contributed by atoms with Gasteiger partial charge >= 0.3 is 12.0 Å². The molecular weight excluding hydrogens is 482 g/mol. The van der Waals surface area contributed by atoms with Gasteiger partial charge in [0.1, 0.15) is 17.3 Å². The highest BCUT2D eigenvalue weighted by Crippen LogP contribution is 2.35. The van der Waals surface area contributed by atoms with E-state index in [0.717, 1.165) is 0 Å². The summed E-state index contributed by atoms with van der Waals surface area (Å²) in [6, 6.07) is 12.7. The SMILES string of the molecule is CC1=NC(=O)N(CCCNCC(=O)c2ccc(OC(C)(C)C)cc2)C(c2cccc(Cl)c2)C1C(=O)O. The second kappa shape index (κ2) is 11.7. The number of ether oxygens (including phenoxy) is 1. The van der Waals surface area contributed by atoms with Crippen LogP contribution in [0.1, 0.15) is 56.1 Å². The third-order valence-corrected chi connectivity index (χ3v) is 5.95. The number of urea groups is 1. The lowest BCUT2D eigenvalue weighted by Crippen LogP contribution is -2.47. The van der Waals surface area contributed by atoms with Gasteiger partial charge < -0.3 is 20.1 Å². The molecule has 8 nitrogen and oxygen atoms in total. The van der Waals surface area contributed by atoms with Gasteiger partial charge in [-0.1, -0.05) is 23.7 Å². The van der Waals surface area contributed by atoms with Crippen LogP contribution in [0.25, 0.3) is 0 Å². The normalized spacial score (nSPS) is 18.1. The number of hydrogen-bond acceptors (Lipinski definition) is 5. The number of benzene rings is 2. The van der Waals surface area contributed by atoms with Gasteiger partial charge in [-0.3, -0.25) is 9.59 Å². The Morgan fingerprint density at radius 2 is 1.86 bits per heavy atom. The van der Waals surface area contributed by atoms with Crippen molar-refractivity contribution in [2.75, 3.05) is 19.6 Å². The molecule has 36 heavy (non-hydrogen) atoms. The standard InChI is InChI=1S/C27H32ClN3O5/c1-17-23(25(33)34)24(19-7-5-8-20(28)15-19)31(26(35)30-17)14-6-13-29-16-22(32)18-9-11-21(12-10-18)36-27(2,3)4/h5,7-12,15,23-24,29H,6,13-14,16H2,1-4H3,(H,33,34). The number of nitrogens with one attached hydrogen (secondary N) is 1. The largest absolute Gasteiger partial charge is 0.488 e. The molecule has 9 heteroatoms. The van der Waals surface area contributed by atoms with Crippen molar-refractivity contribution in [3.05, 3.63) is 64.7 Å². The van der Waals surface area contributed by atoms with Crippen molar-refractivity contribution in [2.24, 2.45) is 10.9 Å². The van der Waals surface area contributed by atoms with Crippen molar-refractivity contribution in [3.63, 3.8) is 0 Å². The summed E-state index contributed by atoms with van der Waals surface area (Å²) in [5.74, 6) is -1.39. The van der Waals surface area contributed by atoms with Gasteiger partial charge in [0, 0.05) is 22.8 Å². The van der Waals surface area contributed by atoms with E-state index in [1.165, 1.54) is 4.90 Å². The summed E-state index contributed by atoms with van der Waals surface area (Å²) in [6.07, 6.45) is 0.509. The van der Waals surface area contributed by atoms with Crippen molar-refractivity contribution < 1.29 is 24.2 Å². The fraction of sp³-hybridized carbons (Fsp3) is 0.407. The Morgan fingerprint density at radius 3 is 2.47 bits per heavy atom. The van der Waals surface area contributed by atoms with Crippen LogP contribution in [0.4, 0.5) is 4.79 Å². The third-order valence-electron chi connectivity index (χ3n) is 5.71. The van der Waals surface area contributed by atoms with Crippen molar-refractivity contribution in [2.45, 2.75) is 45.8 Å². The predicted octanol–water partition coefficient (Wildman–Crippen LogP) is 5.02. The first-order valence-corrected chi connectivity index (χ1v) is 12.2. The van der Waals surface area contributed by atoms with E-state index < -0.39 is 24.0 Å². The number of amides is 2. The molecule has 1 aliphatic rings. The number of carboxylic acids is 1. The Hall–Kier alpha value is -3.23. The van der Waals surface area contributed by atoms with E-state index in [1.807, 2.05) is 20.8 Å². The first-order valence-electron chi connectivity index (χ1n) is 11.8. The molecule has 1 aliphatic heterocycles. The van der Waals surface area contributed by atoms with Gasteiger partial charge in [-0.2, -0.15) is 0 Å². The Kier molecular flexibility index (Phi) is 8.87. The van der Waals surface area contributed by atoms with E-state index in [9.17, 15) is 19.5 Å². The molecule has 3 rings (SSSR count). The Bertz CT molecular complexity index is 1140. The first-order chi connectivity index (χ1) is 17.0. The molecule has 192 valence electrons. The fourth-order valence-electron chi connectivity index (χ4n) is 4.16. The highest BCUT2D eigenvalue weighted by atomic mass is 35.5. The van der Waals surface area contributed by atoms with Crippen LogP contribution in [-0.2, 0) is 4.79 Å². The molecule has 0 saturated carbocycles. The minimum Gasteiger partial charge on any atom is -0.488 e. The molecule has 2 amide bonds. The zero-order valence-electron chi connectivity index (χ0n) is 21.0. The number of aliphatic imine (C=N–C) groups is 1. The van der Waals surface area contributed by atoms with Crippen LogP contribution in [0.5, 0.6) is 5.75 Å². The number of hydrogen-bond donors (Lipinski definition) is 2. The number of carboxylic acid groups (broad SMARTS) is 1. The summed E-state index contributed by atoms with van der Waals surface area (Å²) in [5.41, 5.74) is 1.16. The minimum atomic E-state index is -1.05. The van der Waals surface area contributed by atoms with Crippen LogP contribution in [0.3, 0.4) is 0 Å². The number of carbonyl (C=O) groups is 3.